The van der Waals surface area contributed by atoms with E-state index in [2.05, 4.69) is 15.9 Å². The topological polar surface area (TPSA) is 80.4 Å². The smallest absolute Gasteiger partial charge is 0.307 e. The first-order chi connectivity index (χ1) is 9.95. The van der Waals surface area contributed by atoms with Crippen molar-refractivity contribution in [1.29, 1.82) is 0 Å². The number of nitro groups is 1. The van der Waals surface area contributed by atoms with Gasteiger partial charge < -0.3 is 5.11 Å². The molecule has 2 rings (SSSR count). The maximum atomic E-state index is 10.8. The van der Waals surface area contributed by atoms with Crippen LogP contribution in [0.1, 0.15) is 5.56 Å². The Morgan fingerprint density at radius 1 is 1.19 bits per heavy atom. The van der Waals surface area contributed by atoms with Crippen LogP contribution in [0.3, 0.4) is 0 Å². The van der Waals surface area contributed by atoms with E-state index in [1.165, 1.54) is 23.9 Å². The quantitative estimate of drug-likeness (QED) is 0.634. The Morgan fingerprint density at radius 2 is 1.81 bits per heavy atom. The van der Waals surface area contributed by atoms with Crippen molar-refractivity contribution >= 4 is 39.3 Å². The first kappa shape index (κ1) is 15.5. The van der Waals surface area contributed by atoms with E-state index in [9.17, 15) is 14.9 Å². The van der Waals surface area contributed by atoms with Crippen LogP contribution in [0.25, 0.3) is 0 Å². The zero-order chi connectivity index (χ0) is 15.4. The summed E-state index contributed by atoms with van der Waals surface area (Å²) in [5.74, 6) is -0.895. The molecule has 1 N–H and O–H groups in total. The average molecular weight is 368 g/mol. The second-order valence-corrected chi connectivity index (χ2v) is 6.18. The molecule has 0 aliphatic carbocycles. The third-order valence-electron chi connectivity index (χ3n) is 2.64. The molecule has 0 aromatic heterocycles. The van der Waals surface area contributed by atoms with Crippen LogP contribution in [-0.4, -0.2) is 16.0 Å². The summed E-state index contributed by atoms with van der Waals surface area (Å²) >= 11 is 4.74. The van der Waals surface area contributed by atoms with Gasteiger partial charge in [0.25, 0.3) is 5.69 Å². The van der Waals surface area contributed by atoms with Crippen molar-refractivity contribution < 1.29 is 14.8 Å². The Labute approximate surface area is 133 Å². The predicted octanol–water partition coefficient (Wildman–Crippen LogP) is 4.14. The summed E-state index contributed by atoms with van der Waals surface area (Å²) in [4.78, 5) is 22.7. The molecule has 21 heavy (non-hydrogen) atoms. The summed E-state index contributed by atoms with van der Waals surface area (Å²) in [6.07, 6.45) is -0.0603. The third-order valence-corrected chi connectivity index (χ3v) is 4.41. The fraction of sp³-hybridized carbons (Fsp3) is 0.0714. The minimum Gasteiger partial charge on any atom is -0.481 e. The molecule has 2 aromatic rings. The lowest BCUT2D eigenvalue weighted by atomic mass is 10.1. The van der Waals surface area contributed by atoms with Crippen LogP contribution in [0.2, 0.25) is 0 Å². The first-order valence-corrected chi connectivity index (χ1v) is 7.49. The molecule has 0 fully saturated rings. The number of halogens is 1. The lowest BCUT2D eigenvalue weighted by Gasteiger charge is -2.06. The number of aliphatic carboxylic acids is 1. The molecule has 0 aliphatic heterocycles. The minimum atomic E-state index is -0.895. The Hall–Kier alpha value is -1.86. The molecule has 5 nitrogen and oxygen atoms in total. The van der Waals surface area contributed by atoms with Gasteiger partial charge in [-0.2, -0.15) is 0 Å². The summed E-state index contributed by atoms with van der Waals surface area (Å²) in [6, 6.07) is 11.7. The van der Waals surface area contributed by atoms with Gasteiger partial charge >= 0.3 is 5.97 Å². The SMILES string of the molecule is O=C(O)Cc1cc(Sc2ccc([N+](=O)[O-])cc2)ccc1Br. The van der Waals surface area contributed by atoms with Crippen LogP contribution < -0.4 is 0 Å². The Bertz CT molecular complexity index is 688. The van der Waals surface area contributed by atoms with Gasteiger partial charge in [-0.25, -0.2) is 0 Å². The molecule has 0 radical (unpaired) electrons. The summed E-state index contributed by atoms with van der Waals surface area (Å²) in [5.41, 5.74) is 0.733. The maximum absolute atomic E-state index is 10.8. The van der Waals surface area contributed by atoms with Gasteiger partial charge in [0.1, 0.15) is 0 Å². The highest BCUT2D eigenvalue weighted by Crippen LogP contribution is 2.31. The number of nitrogens with zero attached hydrogens (tertiary/aromatic N) is 1. The number of carboxylic acids is 1. The van der Waals surface area contributed by atoms with Gasteiger partial charge in [-0.1, -0.05) is 27.7 Å². The molecular weight excluding hydrogens is 358 g/mol. The highest BCUT2D eigenvalue weighted by Gasteiger charge is 2.08. The number of nitro benzene ring substituents is 1. The zero-order valence-corrected chi connectivity index (χ0v) is 13.1. The van der Waals surface area contributed by atoms with Crippen molar-refractivity contribution in [3.8, 4) is 0 Å². The highest BCUT2D eigenvalue weighted by molar-refractivity contribution is 9.10. The largest absolute Gasteiger partial charge is 0.481 e. The van der Waals surface area contributed by atoms with Crippen molar-refractivity contribution in [3.05, 3.63) is 62.6 Å². The molecular formula is C14H10BrNO4S. The molecule has 0 bridgehead atoms. The van der Waals surface area contributed by atoms with E-state index < -0.39 is 10.9 Å². The zero-order valence-electron chi connectivity index (χ0n) is 10.7. The lowest BCUT2D eigenvalue weighted by Crippen LogP contribution is -2.00. The fourth-order valence-corrected chi connectivity index (χ4v) is 2.95. The molecule has 0 amide bonds. The Morgan fingerprint density at radius 3 is 2.38 bits per heavy atom. The molecule has 0 spiro atoms. The van der Waals surface area contributed by atoms with Crippen molar-refractivity contribution in [2.24, 2.45) is 0 Å². The first-order valence-electron chi connectivity index (χ1n) is 5.88. The van der Waals surface area contributed by atoms with Crippen LogP contribution in [0.4, 0.5) is 5.69 Å². The van der Waals surface area contributed by atoms with E-state index in [4.69, 9.17) is 5.11 Å². The van der Waals surface area contributed by atoms with Gasteiger partial charge in [-0.15, -0.1) is 0 Å². The predicted molar refractivity (Wildman–Crippen MR) is 82.7 cm³/mol. The highest BCUT2D eigenvalue weighted by atomic mass is 79.9. The number of carbonyl (C=O) groups is 1. The molecule has 0 saturated heterocycles. The van der Waals surface area contributed by atoms with Gasteiger partial charge in [-0.3, -0.25) is 14.9 Å². The molecule has 108 valence electrons. The maximum Gasteiger partial charge on any atom is 0.307 e. The monoisotopic (exact) mass is 367 g/mol. The second kappa shape index (κ2) is 6.73. The standard InChI is InChI=1S/C14H10BrNO4S/c15-13-6-5-12(7-9(13)8-14(17)18)21-11-3-1-10(2-4-11)16(19)20/h1-7H,8H2,(H,17,18). The number of non-ortho nitro benzene ring substituents is 1. The van der Waals surface area contributed by atoms with E-state index in [1.54, 1.807) is 24.3 Å². The number of rotatable bonds is 5. The van der Waals surface area contributed by atoms with Crippen LogP contribution in [0.15, 0.2) is 56.7 Å². The van der Waals surface area contributed by atoms with Crippen LogP contribution in [0.5, 0.6) is 0 Å². The minimum absolute atomic E-state index is 0.0433. The Balaban J connectivity index is 2.19. The van der Waals surface area contributed by atoms with Gasteiger partial charge in [0, 0.05) is 26.4 Å². The number of benzene rings is 2. The van der Waals surface area contributed by atoms with Crippen LogP contribution in [0, 0.1) is 10.1 Å². The molecule has 0 unspecified atom stereocenters. The van der Waals surface area contributed by atoms with Gasteiger partial charge in [0.05, 0.1) is 11.3 Å². The molecule has 0 aliphatic rings. The molecule has 0 saturated carbocycles. The average Bonchev–Trinajstić information content (AvgIpc) is 2.42. The van der Waals surface area contributed by atoms with Crippen molar-refractivity contribution in [1.82, 2.24) is 0 Å². The Kier molecular flexibility index (Phi) is 4.98. The van der Waals surface area contributed by atoms with Crippen LogP contribution >= 0.6 is 27.7 Å². The van der Waals surface area contributed by atoms with Crippen molar-refractivity contribution in [2.45, 2.75) is 16.2 Å². The fourth-order valence-electron chi connectivity index (χ4n) is 1.68. The van der Waals surface area contributed by atoms with E-state index in [-0.39, 0.29) is 12.1 Å². The van der Waals surface area contributed by atoms with Crippen LogP contribution in [-0.2, 0) is 11.2 Å². The normalized spacial score (nSPS) is 10.3. The number of carboxylic acid groups (broad SMARTS) is 1. The number of hydrogen-bond donors (Lipinski definition) is 1. The van der Waals surface area contributed by atoms with E-state index in [1.807, 2.05) is 6.07 Å². The van der Waals surface area contributed by atoms with Gasteiger partial charge in [-0.05, 0) is 35.9 Å². The number of hydrogen-bond acceptors (Lipinski definition) is 4. The second-order valence-electron chi connectivity index (χ2n) is 4.18. The molecule has 2 aromatic carbocycles. The molecule has 0 heterocycles. The third kappa shape index (κ3) is 4.30. The molecule has 0 atom stereocenters. The van der Waals surface area contributed by atoms with E-state index in [0.717, 1.165) is 14.3 Å². The van der Waals surface area contributed by atoms with Gasteiger partial charge in [0.15, 0.2) is 0 Å². The van der Waals surface area contributed by atoms with E-state index >= 15 is 0 Å². The van der Waals surface area contributed by atoms with Crippen molar-refractivity contribution in [2.75, 3.05) is 0 Å². The summed E-state index contributed by atoms with van der Waals surface area (Å²) in [5, 5.41) is 19.5. The van der Waals surface area contributed by atoms with Gasteiger partial charge in [0.2, 0.25) is 0 Å². The summed E-state index contributed by atoms with van der Waals surface area (Å²) in [7, 11) is 0. The van der Waals surface area contributed by atoms with Crippen molar-refractivity contribution in [3.63, 3.8) is 0 Å². The summed E-state index contributed by atoms with van der Waals surface area (Å²) in [6.45, 7) is 0. The summed E-state index contributed by atoms with van der Waals surface area (Å²) < 4.78 is 0.748. The lowest BCUT2D eigenvalue weighted by molar-refractivity contribution is -0.384. The van der Waals surface area contributed by atoms with E-state index in [0.29, 0.717) is 5.56 Å². The molecule has 7 heteroatoms.